The third kappa shape index (κ3) is 3.98. The maximum atomic E-state index is 12.9. The largest absolute Gasteiger partial charge is 0.493 e. The predicted molar refractivity (Wildman–Crippen MR) is 104 cm³/mol. The van der Waals surface area contributed by atoms with E-state index >= 15 is 0 Å². The highest BCUT2D eigenvalue weighted by Crippen LogP contribution is 2.30. The highest BCUT2D eigenvalue weighted by atomic mass is 32.1. The molecule has 7 heteroatoms. The number of hydrogen-bond donors (Lipinski definition) is 0. The number of carbonyl (C=O) groups excluding carboxylic acids is 1. The Morgan fingerprint density at radius 2 is 1.85 bits per heavy atom. The molecule has 26 heavy (non-hydrogen) atoms. The van der Waals surface area contributed by atoms with Crippen molar-refractivity contribution in [1.82, 2.24) is 15.1 Å². The fraction of sp³-hybridized carbons (Fsp3) is 0.526. The lowest BCUT2D eigenvalue weighted by Gasteiger charge is -2.34. The van der Waals surface area contributed by atoms with Gasteiger partial charge in [-0.2, -0.15) is 0 Å². The summed E-state index contributed by atoms with van der Waals surface area (Å²) in [5.74, 6) is 0.683. The maximum absolute atomic E-state index is 12.9. The Labute approximate surface area is 158 Å². The van der Waals surface area contributed by atoms with Crippen LogP contribution in [0.1, 0.15) is 43.1 Å². The summed E-state index contributed by atoms with van der Waals surface area (Å²) in [7, 11) is 0. The van der Waals surface area contributed by atoms with Crippen LogP contribution in [0.5, 0.6) is 5.75 Å². The Hall–Kier alpha value is -2.15. The molecular weight excluding hydrogens is 348 g/mol. The van der Waals surface area contributed by atoms with E-state index in [-0.39, 0.29) is 11.3 Å². The summed E-state index contributed by atoms with van der Waals surface area (Å²) in [6.45, 7) is 11.8. The van der Waals surface area contributed by atoms with E-state index in [1.54, 1.807) is 11.3 Å². The van der Waals surface area contributed by atoms with Gasteiger partial charge in [-0.1, -0.05) is 44.2 Å². The molecule has 140 valence electrons. The minimum Gasteiger partial charge on any atom is -0.493 e. The van der Waals surface area contributed by atoms with Crippen LogP contribution in [0.3, 0.4) is 0 Å². The van der Waals surface area contributed by atoms with Gasteiger partial charge in [0.1, 0.15) is 10.8 Å². The van der Waals surface area contributed by atoms with E-state index in [2.05, 4.69) is 35.9 Å². The van der Waals surface area contributed by atoms with Crippen molar-refractivity contribution in [3.05, 3.63) is 34.8 Å². The Kier molecular flexibility index (Phi) is 5.46. The van der Waals surface area contributed by atoms with Gasteiger partial charge in [-0.3, -0.25) is 4.79 Å². The fourth-order valence-corrected chi connectivity index (χ4v) is 3.80. The molecule has 0 saturated carbocycles. The second-order valence-corrected chi connectivity index (χ2v) is 8.30. The van der Waals surface area contributed by atoms with Crippen LogP contribution in [0.4, 0.5) is 5.13 Å². The topological polar surface area (TPSA) is 58.6 Å². The maximum Gasteiger partial charge on any atom is 0.257 e. The molecule has 0 atom stereocenters. The van der Waals surface area contributed by atoms with Gasteiger partial charge in [0.15, 0.2) is 0 Å². The highest BCUT2D eigenvalue weighted by Gasteiger charge is 2.27. The van der Waals surface area contributed by atoms with Crippen LogP contribution >= 0.6 is 11.3 Å². The van der Waals surface area contributed by atoms with Crippen LogP contribution in [-0.2, 0) is 5.41 Å². The Balaban J connectivity index is 1.65. The Morgan fingerprint density at radius 3 is 2.46 bits per heavy atom. The number of anilines is 1. The van der Waals surface area contributed by atoms with Gasteiger partial charge in [0.2, 0.25) is 5.13 Å². The van der Waals surface area contributed by atoms with E-state index in [0.29, 0.717) is 31.0 Å². The number of ether oxygens (including phenoxy) is 1. The molecule has 0 unspecified atom stereocenters. The molecule has 1 aliphatic heterocycles. The molecule has 1 aromatic heterocycles. The molecule has 6 nitrogen and oxygen atoms in total. The standard InChI is InChI=1S/C19H26N4O2S/c1-5-25-15-9-7-6-8-14(15)16(24)22-10-12-23(13-11-22)18-21-20-17(26-18)19(2,3)4/h6-9H,5,10-13H2,1-4H3. The van der Waals surface area contributed by atoms with E-state index < -0.39 is 0 Å². The van der Waals surface area contributed by atoms with Crippen LogP contribution in [0, 0.1) is 0 Å². The molecule has 1 saturated heterocycles. The first kappa shape index (κ1) is 18.6. The van der Waals surface area contributed by atoms with Gasteiger partial charge in [0.05, 0.1) is 12.2 Å². The van der Waals surface area contributed by atoms with E-state index in [9.17, 15) is 4.79 Å². The minimum absolute atomic E-state index is 0.0106. The second-order valence-electron chi connectivity index (χ2n) is 7.35. The summed E-state index contributed by atoms with van der Waals surface area (Å²) in [5, 5.41) is 10.7. The molecule has 0 spiro atoms. The molecule has 2 heterocycles. The van der Waals surface area contributed by atoms with Crippen molar-refractivity contribution in [3.63, 3.8) is 0 Å². The predicted octanol–water partition coefficient (Wildman–Crippen LogP) is 3.20. The van der Waals surface area contributed by atoms with Crippen molar-refractivity contribution in [2.75, 3.05) is 37.7 Å². The first-order chi connectivity index (χ1) is 12.4. The van der Waals surface area contributed by atoms with Crippen molar-refractivity contribution < 1.29 is 9.53 Å². The van der Waals surface area contributed by atoms with Crippen LogP contribution in [0.25, 0.3) is 0 Å². The lowest BCUT2D eigenvalue weighted by Crippen LogP contribution is -2.48. The third-order valence-corrected chi connectivity index (χ3v) is 5.72. The number of hydrogen-bond acceptors (Lipinski definition) is 6. The van der Waals surface area contributed by atoms with E-state index in [1.165, 1.54) is 0 Å². The van der Waals surface area contributed by atoms with Crippen LogP contribution in [0.2, 0.25) is 0 Å². The highest BCUT2D eigenvalue weighted by molar-refractivity contribution is 7.15. The monoisotopic (exact) mass is 374 g/mol. The van der Waals surface area contributed by atoms with Gasteiger partial charge in [0.25, 0.3) is 5.91 Å². The van der Waals surface area contributed by atoms with Gasteiger partial charge in [-0.05, 0) is 19.1 Å². The van der Waals surface area contributed by atoms with E-state index in [1.807, 2.05) is 36.1 Å². The zero-order valence-corrected chi connectivity index (χ0v) is 16.7. The number of rotatable bonds is 4. The number of benzene rings is 1. The van der Waals surface area contributed by atoms with Crippen LogP contribution < -0.4 is 9.64 Å². The summed E-state index contributed by atoms with van der Waals surface area (Å²) in [5.41, 5.74) is 0.644. The van der Waals surface area contributed by atoms with Gasteiger partial charge >= 0.3 is 0 Å². The molecule has 0 bridgehead atoms. The lowest BCUT2D eigenvalue weighted by molar-refractivity contribution is 0.0742. The first-order valence-corrected chi connectivity index (χ1v) is 9.82. The van der Waals surface area contributed by atoms with Crippen LogP contribution in [-0.4, -0.2) is 53.8 Å². The summed E-state index contributed by atoms with van der Waals surface area (Å²) in [6.07, 6.45) is 0. The average molecular weight is 375 g/mol. The van der Waals surface area contributed by atoms with Gasteiger partial charge in [0, 0.05) is 31.6 Å². The Bertz CT molecular complexity index is 761. The zero-order valence-electron chi connectivity index (χ0n) is 15.9. The van der Waals surface area contributed by atoms with Gasteiger partial charge in [-0.15, -0.1) is 10.2 Å². The molecule has 1 aliphatic rings. The number of carbonyl (C=O) groups is 1. The SMILES string of the molecule is CCOc1ccccc1C(=O)N1CCN(c2nnc(C(C)(C)C)s2)CC1. The minimum atomic E-state index is 0.0106. The molecule has 0 aliphatic carbocycles. The summed E-state index contributed by atoms with van der Waals surface area (Å²) in [4.78, 5) is 17.0. The quantitative estimate of drug-likeness (QED) is 0.822. The number of nitrogens with zero attached hydrogens (tertiary/aromatic N) is 4. The number of piperazine rings is 1. The van der Waals surface area contributed by atoms with E-state index in [4.69, 9.17) is 4.74 Å². The van der Waals surface area contributed by atoms with Crippen molar-refractivity contribution in [3.8, 4) is 5.75 Å². The number of amides is 1. The molecule has 3 rings (SSSR count). The molecular formula is C19H26N4O2S. The van der Waals surface area contributed by atoms with Crippen molar-refractivity contribution in [1.29, 1.82) is 0 Å². The first-order valence-electron chi connectivity index (χ1n) is 9.00. The van der Waals surface area contributed by atoms with E-state index in [0.717, 1.165) is 23.2 Å². The van der Waals surface area contributed by atoms with Gasteiger partial charge < -0.3 is 14.5 Å². The smallest absolute Gasteiger partial charge is 0.257 e. The normalized spacial score (nSPS) is 15.2. The van der Waals surface area contributed by atoms with Crippen molar-refractivity contribution >= 4 is 22.4 Å². The lowest BCUT2D eigenvalue weighted by atomic mass is 9.98. The number of para-hydroxylation sites is 1. The molecule has 2 aromatic rings. The molecule has 1 amide bonds. The molecule has 0 N–H and O–H groups in total. The summed E-state index contributed by atoms with van der Waals surface area (Å²) < 4.78 is 5.60. The van der Waals surface area contributed by atoms with Crippen LogP contribution in [0.15, 0.2) is 24.3 Å². The summed E-state index contributed by atoms with van der Waals surface area (Å²) >= 11 is 1.64. The molecule has 1 fully saturated rings. The van der Waals surface area contributed by atoms with Crippen molar-refractivity contribution in [2.45, 2.75) is 33.1 Å². The van der Waals surface area contributed by atoms with Gasteiger partial charge in [-0.25, -0.2) is 0 Å². The second kappa shape index (κ2) is 7.61. The van der Waals surface area contributed by atoms with Crippen molar-refractivity contribution in [2.24, 2.45) is 0 Å². The number of aromatic nitrogens is 2. The third-order valence-electron chi connectivity index (χ3n) is 4.31. The fourth-order valence-electron chi connectivity index (χ4n) is 2.84. The Morgan fingerprint density at radius 1 is 1.15 bits per heavy atom. The zero-order chi connectivity index (χ0) is 18.7. The molecule has 1 aromatic carbocycles. The average Bonchev–Trinajstić information content (AvgIpc) is 3.13. The molecule has 0 radical (unpaired) electrons. The summed E-state index contributed by atoms with van der Waals surface area (Å²) in [6, 6.07) is 7.45.